The Morgan fingerprint density at radius 2 is 2.12 bits per heavy atom. The van der Waals surface area contributed by atoms with Crippen LogP contribution in [0.15, 0.2) is 30.3 Å². The molecular weight excluding hydrogens is 206 g/mol. The molecule has 1 aromatic carbocycles. The minimum atomic E-state index is -0.126. The zero-order chi connectivity index (χ0) is 11.4. The molecule has 0 saturated carbocycles. The highest BCUT2D eigenvalue weighted by Crippen LogP contribution is 2.11. The number of amides is 1. The average molecular weight is 217 g/mol. The quantitative estimate of drug-likeness (QED) is 0.809. The molecule has 2 rings (SSSR count). The molecule has 1 heterocycles. The van der Waals surface area contributed by atoms with E-state index in [2.05, 4.69) is 20.7 Å². The summed E-state index contributed by atoms with van der Waals surface area (Å²) in [5.41, 5.74) is 0.900. The van der Waals surface area contributed by atoms with Gasteiger partial charge in [0.25, 0.3) is 0 Å². The molecule has 0 atom stereocenters. The number of carbonyl (C=O) groups excluding carboxylic acids is 1. The van der Waals surface area contributed by atoms with E-state index < -0.39 is 0 Å². The van der Waals surface area contributed by atoms with Gasteiger partial charge < -0.3 is 5.32 Å². The topological polar surface area (TPSA) is 72.7 Å². The smallest absolute Gasteiger partial charge is 0.218 e. The van der Waals surface area contributed by atoms with E-state index >= 15 is 0 Å². The van der Waals surface area contributed by atoms with Crippen molar-refractivity contribution in [2.75, 3.05) is 0 Å². The van der Waals surface area contributed by atoms with Gasteiger partial charge in [0.2, 0.25) is 11.7 Å². The Hall–Kier alpha value is -2.24. The van der Waals surface area contributed by atoms with Crippen LogP contribution in [0, 0.1) is 0 Å². The van der Waals surface area contributed by atoms with E-state index in [-0.39, 0.29) is 12.6 Å². The molecule has 0 fully saturated rings. The largest absolute Gasteiger partial charge is 0.335 e. The molecule has 2 aromatic rings. The zero-order valence-corrected chi connectivity index (χ0v) is 8.79. The maximum absolute atomic E-state index is 10.7. The van der Waals surface area contributed by atoms with E-state index in [9.17, 15) is 4.79 Å². The zero-order valence-electron chi connectivity index (χ0n) is 8.79. The lowest BCUT2D eigenvalue weighted by Gasteiger charge is -1.97. The number of tetrazole rings is 1. The van der Waals surface area contributed by atoms with E-state index in [0.717, 1.165) is 5.56 Å². The highest BCUT2D eigenvalue weighted by molar-refractivity contribution is 5.72. The van der Waals surface area contributed by atoms with Gasteiger partial charge in [0, 0.05) is 12.5 Å². The fourth-order valence-electron chi connectivity index (χ4n) is 1.20. The number of nitrogens with zero attached hydrogens (tertiary/aromatic N) is 4. The van der Waals surface area contributed by atoms with Crippen LogP contribution in [0.3, 0.4) is 0 Å². The van der Waals surface area contributed by atoms with Gasteiger partial charge in [-0.05, 0) is 5.21 Å². The van der Waals surface area contributed by atoms with E-state index in [0.29, 0.717) is 5.82 Å². The summed E-state index contributed by atoms with van der Waals surface area (Å²) in [5.74, 6) is 0.421. The Kier molecular flexibility index (Phi) is 2.90. The standard InChI is InChI=1S/C10H11N5O/c1-8(16)11-7-15-13-10(12-14-15)9-5-3-2-4-6-9/h2-6H,7H2,1H3,(H,11,16). The lowest BCUT2D eigenvalue weighted by molar-refractivity contribution is -0.119. The molecule has 1 N–H and O–H groups in total. The van der Waals surface area contributed by atoms with Crippen molar-refractivity contribution in [1.29, 1.82) is 0 Å². The van der Waals surface area contributed by atoms with Crippen LogP contribution in [0.25, 0.3) is 11.4 Å². The summed E-state index contributed by atoms with van der Waals surface area (Å²) in [7, 11) is 0. The predicted molar refractivity (Wildman–Crippen MR) is 57.1 cm³/mol. The number of benzene rings is 1. The van der Waals surface area contributed by atoms with Gasteiger partial charge in [-0.2, -0.15) is 0 Å². The third-order valence-corrected chi connectivity index (χ3v) is 1.95. The van der Waals surface area contributed by atoms with Crippen molar-refractivity contribution < 1.29 is 4.79 Å². The Morgan fingerprint density at radius 3 is 2.81 bits per heavy atom. The third kappa shape index (κ3) is 2.41. The Labute approximate surface area is 92.3 Å². The van der Waals surface area contributed by atoms with Gasteiger partial charge in [-0.1, -0.05) is 30.3 Å². The molecule has 0 unspecified atom stereocenters. The molecule has 0 aliphatic rings. The van der Waals surface area contributed by atoms with Gasteiger partial charge >= 0.3 is 0 Å². The van der Waals surface area contributed by atoms with Crippen LogP contribution in [0.2, 0.25) is 0 Å². The lowest BCUT2D eigenvalue weighted by Crippen LogP contribution is -2.24. The van der Waals surface area contributed by atoms with Crippen LogP contribution in [-0.4, -0.2) is 26.1 Å². The molecule has 0 spiro atoms. The van der Waals surface area contributed by atoms with Gasteiger partial charge in [0.05, 0.1) is 0 Å². The monoisotopic (exact) mass is 217 g/mol. The van der Waals surface area contributed by atoms with E-state index in [1.807, 2.05) is 30.3 Å². The maximum Gasteiger partial charge on any atom is 0.218 e. The number of rotatable bonds is 3. The van der Waals surface area contributed by atoms with Crippen molar-refractivity contribution in [3.8, 4) is 11.4 Å². The van der Waals surface area contributed by atoms with Crippen molar-refractivity contribution >= 4 is 5.91 Å². The fourth-order valence-corrected chi connectivity index (χ4v) is 1.20. The molecule has 82 valence electrons. The summed E-state index contributed by atoms with van der Waals surface area (Å²) >= 11 is 0. The molecule has 0 radical (unpaired) electrons. The van der Waals surface area contributed by atoms with Crippen LogP contribution >= 0.6 is 0 Å². The molecule has 0 aliphatic heterocycles. The Morgan fingerprint density at radius 1 is 1.38 bits per heavy atom. The van der Waals surface area contributed by atoms with E-state index in [1.165, 1.54) is 11.7 Å². The highest BCUT2D eigenvalue weighted by Gasteiger charge is 2.04. The molecule has 6 nitrogen and oxygen atoms in total. The third-order valence-electron chi connectivity index (χ3n) is 1.95. The van der Waals surface area contributed by atoms with Crippen molar-refractivity contribution in [3.63, 3.8) is 0 Å². The van der Waals surface area contributed by atoms with Crippen molar-refractivity contribution in [3.05, 3.63) is 30.3 Å². The van der Waals surface area contributed by atoms with Crippen LogP contribution in [0.1, 0.15) is 6.92 Å². The molecule has 16 heavy (non-hydrogen) atoms. The molecule has 1 amide bonds. The minimum absolute atomic E-state index is 0.126. The van der Waals surface area contributed by atoms with Crippen molar-refractivity contribution in [1.82, 2.24) is 25.5 Å². The molecule has 1 aromatic heterocycles. The van der Waals surface area contributed by atoms with Crippen LogP contribution in [0.5, 0.6) is 0 Å². The van der Waals surface area contributed by atoms with Crippen LogP contribution in [-0.2, 0) is 11.5 Å². The van der Waals surface area contributed by atoms with Gasteiger partial charge in [-0.25, -0.2) is 0 Å². The van der Waals surface area contributed by atoms with Crippen LogP contribution in [0.4, 0.5) is 0 Å². The van der Waals surface area contributed by atoms with Crippen molar-refractivity contribution in [2.45, 2.75) is 13.6 Å². The minimum Gasteiger partial charge on any atom is -0.335 e. The first-order valence-electron chi connectivity index (χ1n) is 4.83. The number of aromatic nitrogens is 4. The highest BCUT2D eigenvalue weighted by atomic mass is 16.1. The second-order valence-corrected chi connectivity index (χ2v) is 3.24. The SMILES string of the molecule is CC(=O)NCn1nnc(-c2ccccc2)n1. The first-order valence-corrected chi connectivity index (χ1v) is 4.83. The summed E-state index contributed by atoms with van der Waals surface area (Å²) in [6.45, 7) is 1.67. The molecule has 0 bridgehead atoms. The van der Waals surface area contributed by atoms with Gasteiger partial charge in [0.1, 0.15) is 6.67 Å². The molecule has 0 saturated heterocycles. The first kappa shape index (κ1) is 10.3. The number of hydrogen-bond donors (Lipinski definition) is 1. The second-order valence-electron chi connectivity index (χ2n) is 3.24. The first-order chi connectivity index (χ1) is 7.75. The van der Waals surface area contributed by atoms with Gasteiger partial charge in [-0.3, -0.25) is 4.79 Å². The molecule has 0 aliphatic carbocycles. The van der Waals surface area contributed by atoms with E-state index in [4.69, 9.17) is 0 Å². The Bertz CT molecular complexity index is 479. The second kappa shape index (κ2) is 4.52. The normalized spacial score (nSPS) is 10.1. The predicted octanol–water partition coefficient (Wildman–Crippen LogP) is 0.434. The summed E-state index contributed by atoms with van der Waals surface area (Å²) < 4.78 is 0. The average Bonchev–Trinajstić information content (AvgIpc) is 2.76. The van der Waals surface area contributed by atoms with Crippen molar-refractivity contribution in [2.24, 2.45) is 0 Å². The van der Waals surface area contributed by atoms with Gasteiger partial charge in [0.15, 0.2) is 0 Å². The molecule has 6 heteroatoms. The lowest BCUT2D eigenvalue weighted by atomic mass is 10.2. The Balaban J connectivity index is 2.11. The van der Waals surface area contributed by atoms with Gasteiger partial charge in [-0.15, -0.1) is 15.0 Å². The summed E-state index contributed by atoms with van der Waals surface area (Å²) in [5, 5.41) is 14.4. The fraction of sp³-hybridized carbons (Fsp3) is 0.200. The number of carbonyl (C=O) groups is 1. The maximum atomic E-state index is 10.7. The summed E-state index contributed by atoms with van der Waals surface area (Å²) in [4.78, 5) is 12.0. The summed E-state index contributed by atoms with van der Waals surface area (Å²) in [6, 6.07) is 9.54. The summed E-state index contributed by atoms with van der Waals surface area (Å²) in [6.07, 6.45) is 0. The van der Waals surface area contributed by atoms with Crippen LogP contribution < -0.4 is 5.32 Å². The number of hydrogen-bond acceptors (Lipinski definition) is 4. The molecular formula is C10H11N5O. The van der Waals surface area contributed by atoms with E-state index in [1.54, 1.807) is 0 Å². The number of nitrogens with one attached hydrogen (secondary N) is 1.